The van der Waals surface area contributed by atoms with E-state index in [9.17, 15) is 4.79 Å². The Hall–Kier alpha value is -1.22. The summed E-state index contributed by atoms with van der Waals surface area (Å²) in [6, 6.07) is 7.41. The number of nitrogens with zero attached hydrogens (tertiary/aromatic N) is 1. The van der Waals surface area contributed by atoms with Crippen LogP contribution in [-0.2, 0) is 0 Å². The van der Waals surface area contributed by atoms with E-state index in [0.717, 1.165) is 13.0 Å². The van der Waals surface area contributed by atoms with E-state index in [-0.39, 0.29) is 11.9 Å². The molecule has 0 aromatic heterocycles. The van der Waals surface area contributed by atoms with Crippen LogP contribution in [0, 0.1) is 5.92 Å². The van der Waals surface area contributed by atoms with Crippen LogP contribution in [-0.4, -0.2) is 36.4 Å². The first-order valence-corrected chi connectivity index (χ1v) is 6.71. The van der Waals surface area contributed by atoms with Gasteiger partial charge in [0.25, 0.3) is 5.91 Å². The number of halogens is 1. The zero-order chi connectivity index (χ0) is 13.1. The maximum atomic E-state index is 12.4. The van der Waals surface area contributed by atoms with Gasteiger partial charge in [-0.2, -0.15) is 0 Å². The first-order valence-electron chi connectivity index (χ1n) is 6.18. The molecule has 1 fully saturated rings. The summed E-state index contributed by atoms with van der Waals surface area (Å²) in [6.45, 7) is 2.93. The molecule has 2 unspecified atom stereocenters. The van der Waals surface area contributed by atoms with Gasteiger partial charge < -0.3 is 9.64 Å². The van der Waals surface area contributed by atoms with Gasteiger partial charge in [0.1, 0.15) is 5.75 Å². The van der Waals surface area contributed by atoms with Crippen molar-refractivity contribution in [3.8, 4) is 5.75 Å². The highest BCUT2D eigenvalue weighted by Crippen LogP contribution is 2.27. The van der Waals surface area contributed by atoms with Crippen molar-refractivity contribution >= 4 is 17.5 Å². The lowest BCUT2D eigenvalue weighted by Gasteiger charge is -2.25. The Morgan fingerprint density at radius 3 is 3.00 bits per heavy atom. The topological polar surface area (TPSA) is 29.5 Å². The third-order valence-corrected chi connectivity index (χ3v) is 3.93. The van der Waals surface area contributed by atoms with E-state index in [4.69, 9.17) is 16.3 Å². The second-order valence-electron chi connectivity index (χ2n) is 4.72. The Kier molecular flexibility index (Phi) is 4.12. The van der Waals surface area contributed by atoms with Gasteiger partial charge in [-0.05, 0) is 30.5 Å². The molecule has 1 aliphatic heterocycles. The number of carbonyl (C=O) groups is 1. The highest BCUT2D eigenvalue weighted by Gasteiger charge is 2.34. The summed E-state index contributed by atoms with van der Waals surface area (Å²) in [6.07, 6.45) is 1.02. The van der Waals surface area contributed by atoms with Crippen molar-refractivity contribution in [3.05, 3.63) is 29.8 Å². The minimum Gasteiger partial charge on any atom is -0.497 e. The molecule has 1 aliphatic rings. The SMILES string of the molecule is COc1cccc(C(=O)N2CCC(C)C2CCl)c1. The largest absolute Gasteiger partial charge is 0.497 e. The standard InChI is InChI=1S/C14H18ClNO2/c1-10-6-7-16(13(10)9-15)14(17)11-4-3-5-12(8-11)18-2/h3-5,8,10,13H,6-7,9H2,1-2H3. The molecule has 1 amide bonds. The second kappa shape index (κ2) is 5.61. The van der Waals surface area contributed by atoms with Gasteiger partial charge in [0.05, 0.1) is 7.11 Å². The third-order valence-electron chi connectivity index (χ3n) is 3.62. The molecule has 2 atom stereocenters. The van der Waals surface area contributed by atoms with E-state index in [0.29, 0.717) is 23.1 Å². The maximum absolute atomic E-state index is 12.4. The molecule has 3 nitrogen and oxygen atoms in total. The molecule has 0 aliphatic carbocycles. The minimum atomic E-state index is 0.0453. The molecule has 1 saturated heterocycles. The summed E-state index contributed by atoms with van der Waals surface area (Å²) in [7, 11) is 1.60. The fraction of sp³-hybridized carbons (Fsp3) is 0.500. The number of amides is 1. The lowest BCUT2D eigenvalue weighted by atomic mass is 10.0. The second-order valence-corrected chi connectivity index (χ2v) is 5.03. The molecule has 0 N–H and O–H groups in total. The van der Waals surface area contributed by atoms with Gasteiger partial charge in [-0.1, -0.05) is 13.0 Å². The molecular weight excluding hydrogens is 250 g/mol. The number of methoxy groups -OCH3 is 1. The van der Waals surface area contributed by atoms with Crippen molar-refractivity contribution < 1.29 is 9.53 Å². The predicted octanol–water partition coefficient (Wildman–Crippen LogP) is 2.78. The number of hydrogen-bond donors (Lipinski definition) is 0. The van der Waals surface area contributed by atoms with Crippen LogP contribution in [0.25, 0.3) is 0 Å². The van der Waals surface area contributed by atoms with Crippen LogP contribution >= 0.6 is 11.6 Å². The number of benzene rings is 1. The molecule has 98 valence electrons. The lowest BCUT2D eigenvalue weighted by Crippen LogP contribution is -2.38. The summed E-state index contributed by atoms with van der Waals surface area (Å²) in [4.78, 5) is 14.3. The monoisotopic (exact) mass is 267 g/mol. The minimum absolute atomic E-state index is 0.0453. The summed E-state index contributed by atoms with van der Waals surface area (Å²) in [5.74, 6) is 1.72. The maximum Gasteiger partial charge on any atom is 0.254 e. The number of ether oxygens (including phenoxy) is 1. The summed E-state index contributed by atoms with van der Waals surface area (Å²) in [5, 5.41) is 0. The zero-order valence-corrected chi connectivity index (χ0v) is 11.5. The van der Waals surface area contributed by atoms with Crippen LogP contribution < -0.4 is 4.74 Å². The first kappa shape index (κ1) is 13.2. The van der Waals surface area contributed by atoms with Crippen LogP contribution in [0.4, 0.5) is 0 Å². The van der Waals surface area contributed by atoms with Gasteiger partial charge in [0.15, 0.2) is 0 Å². The molecule has 18 heavy (non-hydrogen) atoms. The fourth-order valence-electron chi connectivity index (χ4n) is 2.42. The molecule has 0 saturated carbocycles. The van der Waals surface area contributed by atoms with Crippen molar-refractivity contribution in [1.82, 2.24) is 4.90 Å². The molecule has 2 rings (SSSR count). The Labute approximate surface area is 113 Å². The van der Waals surface area contributed by atoms with Crippen molar-refractivity contribution in [2.45, 2.75) is 19.4 Å². The highest BCUT2D eigenvalue weighted by molar-refractivity contribution is 6.18. The summed E-state index contributed by atoms with van der Waals surface area (Å²) in [5.41, 5.74) is 0.665. The van der Waals surface area contributed by atoms with Gasteiger partial charge >= 0.3 is 0 Å². The van der Waals surface area contributed by atoms with Crippen molar-refractivity contribution in [2.75, 3.05) is 19.5 Å². The molecule has 1 aromatic carbocycles. The molecule has 1 heterocycles. The van der Waals surface area contributed by atoms with E-state index in [1.165, 1.54) is 0 Å². The van der Waals surface area contributed by atoms with Crippen LogP contribution in [0.5, 0.6) is 5.75 Å². The van der Waals surface area contributed by atoms with E-state index in [1.807, 2.05) is 23.1 Å². The highest BCUT2D eigenvalue weighted by atomic mass is 35.5. The Morgan fingerprint density at radius 1 is 1.56 bits per heavy atom. The third kappa shape index (κ3) is 2.46. The fourth-order valence-corrected chi connectivity index (χ4v) is 2.89. The Balaban J connectivity index is 2.20. The van der Waals surface area contributed by atoms with Gasteiger partial charge in [0, 0.05) is 24.0 Å². The zero-order valence-electron chi connectivity index (χ0n) is 10.7. The predicted molar refractivity (Wildman–Crippen MR) is 72.3 cm³/mol. The van der Waals surface area contributed by atoms with Crippen molar-refractivity contribution in [1.29, 1.82) is 0 Å². The van der Waals surface area contributed by atoms with Crippen molar-refractivity contribution in [2.24, 2.45) is 5.92 Å². The Bertz CT molecular complexity index is 436. The summed E-state index contributed by atoms with van der Waals surface area (Å²) >= 11 is 5.97. The molecule has 1 aromatic rings. The van der Waals surface area contributed by atoms with Crippen molar-refractivity contribution in [3.63, 3.8) is 0 Å². The smallest absolute Gasteiger partial charge is 0.254 e. The van der Waals surface area contributed by atoms with Gasteiger partial charge in [-0.15, -0.1) is 11.6 Å². The number of alkyl halides is 1. The average molecular weight is 268 g/mol. The molecule has 0 spiro atoms. The lowest BCUT2D eigenvalue weighted by molar-refractivity contribution is 0.0736. The number of rotatable bonds is 3. The first-order chi connectivity index (χ1) is 8.67. The summed E-state index contributed by atoms with van der Waals surface area (Å²) < 4.78 is 5.15. The molecule has 4 heteroatoms. The number of carbonyl (C=O) groups excluding carboxylic acids is 1. The van der Waals surface area contributed by atoms with Crippen LogP contribution in [0.2, 0.25) is 0 Å². The number of hydrogen-bond acceptors (Lipinski definition) is 2. The van der Waals surface area contributed by atoms with E-state index < -0.39 is 0 Å². The average Bonchev–Trinajstić information content (AvgIpc) is 2.79. The van der Waals surface area contributed by atoms with E-state index in [2.05, 4.69) is 6.92 Å². The molecule has 0 bridgehead atoms. The normalized spacial score (nSPS) is 23.2. The molecular formula is C14H18ClNO2. The van der Waals surface area contributed by atoms with E-state index in [1.54, 1.807) is 13.2 Å². The quantitative estimate of drug-likeness (QED) is 0.788. The Morgan fingerprint density at radius 2 is 2.33 bits per heavy atom. The van der Waals surface area contributed by atoms with Gasteiger partial charge in [-0.25, -0.2) is 0 Å². The van der Waals surface area contributed by atoms with Crippen LogP contribution in [0.1, 0.15) is 23.7 Å². The van der Waals surface area contributed by atoms with Crippen LogP contribution in [0.15, 0.2) is 24.3 Å². The van der Waals surface area contributed by atoms with Gasteiger partial charge in [-0.3, -0.25) is 4.79 Å². The molecule has 0 radical (unpaired) electrons. The number of likely N-dealkylation sites (tertiary alicyclic amines) is 1. The van der Waals surface area contributed by atoms with Gasteiger partial charge in [0.2, 0.25) is 0 Å². The van der Waals surface area contributed by atoms with E-state index >= 15 is 0 Å². The van der Waals surface area contributed by atoms with Crippen LogP contribution in [0.3, 0.4) is 0 Å².